The lowest BCUT2D eigenvalue weighted by atomic mass is 10.1. The van der Waals surface area contributed by atoms with Crippen LogP contribution in [-0.4, -0.2) is 27.7 Å². The van der Waals surface area contributed by atoms with E-state index in [1.807, 2.05) is 13.0 Å². The standard InChI is InChI=1S/C19H21ClN2O4S/c1-13(14-5-4-6-17(12-14)22-27(3,24)25)21-19(23)10-7-15-11-16(20)8-9-18(15)26-2/h4-13,22H,1-3H3,(H,21,23). The van der Waals surface area contributed by atoms with Crippen LogP contribution in [0.2, 0.25) is 5.02 Å². The lowest BCUT2D eigenvalue weighted by Crippen LogP contribution is -2.24. The van der Waals surface area contributed by atoms with Gasteiger partial charge in [-0.2, -0.15) is 0 Å². The van der Waals surface area contributed by atoms with Gasteiger partial charge < -0.3 is 10.1 Å². The van der Waals surface area contributed by atoms with Crippen molar-refractivity contribution < 1.29 is 17.9 Å². The van der Waals surface area contributed by atoms with Crippen molar-refractivity contribution in [1.29, 1.82) is 0 Å². The Morgan fingerprint density at radius 3 is 2.63 bits per heavy atom. The Kier molecular flexibility index (Phi) is 6.87. The summed E-state index contributed by atoms with van der Waals surface area (Å²) in [6.07, 6.45) is 4.09. The molecule has 0 heterocycles. The van der Waals surface area contributed by atoms with Gasteiger partial charge in [0.2, 0.25) is 15.9 Å². The quantitative estimate of drug-likeness (QED) is 0.685. The number of halogens is 1. The van der Waals surface area contributed by atoms with Gasteiger partial charge in [0.25, 0.3) is 0 Å². The van der Waals surface area contributed by atoms with Crippen LogP contribution in [0.3, 0.4) is 0 Å². The number of amides is 1. The van der Waals surface area contributed by atoms with Gasteiger partial charge >= 0.3 is 0 Å². The first-order valence-electron chi connectivity index (χ1n) is 8.08. The fraction of sp³-hybridized carbons (Fsp3) is 0.211. The summed E-state index contributed by atoms with van der Waals surface area (Å²) in [4.78, 5) is 12.2. The molecule has 144 valence electrons. The largest absolute Gasteiger partial charge is 0.496 e. The van der Waals surface area contributed by atoms with Crippen LogP contribution in [0, 0.1) is 0 Å². The molecular formula is C19H21ClN2O4S. The fourth-order valence-electron chi connectivity index (χ4n) is 2.43. The summed E-state index contributed by atoms with van der Waals surface area (Å²) < 4.78 is 30.3. The van der Waals surface area contributed by atoms with Crippen molar-refractivity contribution >= 4 is 39.3 Å². The summed E-state index contributed by atoms with van der Waals surface area (Å²) in [7, 11) is -1.82. The number of anilines is 1. The van der Waals surface area contributed by atoms with E-state index in [9.17, 15) is 13.2 Å². The minimum Gasteiger partial charge on any atom is -0.496 e. The maximum absolute atomic E-state index is 12.2. The van der Waals surface area contributed by atoms with Crippen LogP contribution in [0.1, 0.15) is 24.1 Å². The number of carbonyl (C=O) groups is 1. The highest BCUT2D eigenvalue weighted by Crippen LogP contribution is 2.24. The lowest BCUT2D eigenvalue weighted by Gasteiger charge is -2.14. The second-order valence-electron chi connectivity index (χ2n) is 5.95. The van der Waals surface area contributed by atoms with Crippen LogP contribution >= 0.6 is 11.6 Å². The average Bonchev–Trinajstić information content (AvgIpc) is 2.59. The molecule has 6 nitrogen and oxygen atoms in total. The van der Waals surface area contributed by atoms with E-state index in [1.54, 1.807) is 49.6 Å². The molecule has 0 bridgehead atoms. The van der Waals surface area contributed by atoms with Gasteiger partial charge in [-0.1, -0.05) is 23.7 Å². The van der Waals surface area contributed by atoms with E-state index >= 15 is 0 Å². The second-order valence-corrected chi connectivity index (χ2v) is 8.13. The van der Waals surface area contributed by atoms with Crippen LogP contribution in [0.5, 0.6) is 5.75 Å². The first-order chi connectivity index (χ1) is 12.7. The molecule has 0 saturated carbocycles. The molecule has 0 aliphatic carbocycles. The van der Waals surface area contributed by atoms with Gasteiger partial charge in [0.1, 0.15) is 5.75 Å². The van der Waals surface area contributed by atoms with Gasteiger partial charge in [-0.3, -0.25) is 9.52 Å². The van der Waals surface area contributed by atoms with Crippen molar-refractivity contribution in [3.8, 4) is 5.75 Å². The summed E-state index contributed by atoms with van der Waals surface area (Å²) in [5, 5.41) is 3.37. The lowest BCUT2D eigenvalue weighted by molar-refractivity contribution is -0.117. The first-order valence-corrected chi connectivity index (χ1v) is 10.3. The van der Waals surface area contributed by atoms with Crippen LogP contribution in [0.4, 0.5) is 5.69 Å². The Hall–Kier alpha value is -2.51. The molecule has 1 unspecified atom stereocenters. The number of methoxy groups -OCH3 is 1. The van der Waals surface area contributed by atoms with Crippen molar-refractivity contribution in [2.24, 2.45) is 0 Å². The Balaban J connectivity index is 2.08. The molecular weight excluding hydrogens is 388 g/mol. The number of sulfonamides is 1. The Morgan fingerprint density at radius 1 is 1.22 bits per heavy atom. The molecule has 27 heavy (non-hydrogen) atoms. The number of nitrogens with one attached hydrogen (secondary N) is 2. The fourth-order valence-corrected chi connectivity index (χ4v) is 3.17. The number of rotatable bonds is 7. The van der Waals surface area contributed by atoms with Gasteiger partial charge in [0, 0.05) is 22.3 Å². The number of benzene rings is 2. The van der Waals surface area contributed by atoms with E-state index in [-0.39, 0.29) is 11.9 Å². The molecule has 0 aliphatic heterocycles. The molecule has 0 spiro atoms. The van der Waals surface area contributed by atoms with Crippen LogP contribution in [0.15, 0.2) is 48.5 Å². The van der Waals surface area contributed by atoms with Crippen molar-refractivity contribution in [1.82, 2.24) is 5.32 Å². The molecule has 0 radical (unpaired) electrons. The highest BCUT2D eigenvalue weighted by atomic mass is 35.5. The van der Waals surface area contributed by atoms with E-state index in [4.69, 9.17) is 16.3 Å². The highest BCUT2D eigenvalue weighted by Gasteiger charge is 2.10. The molecule has 1 atom stereocenters. The normalized spacial score (nSPS) is 12.6. The van der Waals surface area contributed by atoms with E-state index < -0.39 is 10.0 Å². The highest BCUT2D eigenvalue weighted by molar-refractivity contribution is 7.92. The van der Waals surface area contributed by atoms with Crippen molar-refractivity contribution in [3.05, 3.63) is 64.7 Å². The monoisotopic (exact) mass is 408 g/mol. The molecule has 0 saturated heterocycles. The van der Waals surface area contributed by atoms with Crippen molar-refractivity contribution in [2.45, 2.75) is 13.0 Å². The van der Waals surface area contributed by atoms with Crippen LogP contribution in [0.25, 0.3) is 6.08 Å². The molecule has 0 fully saturated rings. The van der Waals surface area contributed by atoms with Crippen molar-refractivity contribution in [3.63, 3.8) is 0 Å². The molecule has 8 heteroatoms. The SMILES string of the molecule is COc1ccc(Cl)cc1C=CC(=O)NC(C)c1cccc(NS(C)(=O)=O)c1. The summed E-state index contributed by atoms with van der Waals surface area (Å²) in [5.74, 6) is 0.307. The van der Waals surface area contributed by atoms with Crippen molar-refractivity contribution in [2.75, 3.05) is 18.1 Å². The Labute approximate surface area is 164 Å². The van der Waals surface area contributed by atoms with E-state index in [2.05, 4.69) is 10.0 Å². The smallest absolute Gasteiger partial charge is 0.244 e. The number of hydrogen-bond acceptors (Lipinski definition) is 4. The predicted molar refractivity (Wildman–Crippen MR) is 109 cm³/mol. The van der Waals surface area contributed by atoms with Crippen LogP contribution < -0.4 is 14.8 Å². The average molecular weight is 409 g/mol. The molecule has 2 N–H and O–H groups in total. The summed E-state index contributed by atoms with van der Waals surface area (Å²) in [5.41, 5.74) is 1.90. The van der Waals surface area contributed by atoms with Gasteiger partial charge in [-0.15, -0.1) is 0 Å². The summed E-state index contributed by atoms with van der Waals surface area (Å²) in [6, 6.07) is 11.7. The summed E-state index contributed by atoms with van der Waals surface area (Å²) >= 11 is 5.98. The maximum Gasteiger partial charge on any atom is 0.244 e. The van der Waals surface area contributed by atoms with E-state index in [0.29, 0.717) is 22.0 Å². The predicted octanol–water partition coefficient (Wildman–Crippen LogP) is 3.61. The number of ether oxygens (including phenoxy) is 1. The molecule has 0 aromatic heterocycles. The maximum atomic E-state index is 12.2. The zero-order chi connectivity index (χ0) is 20.0. The molecule has 2 rings (SSSR count). The second kappa shape index (κ2) is 8.92. The van der Waals surface area contributed by atoms with Gasteiger partial charge in [0.15, 0.2) is 0 Å². The topological polar surface area (TPSA) is 84.5 Å². The van der Waals surface area contributed by atoms with Gasteiger partial charge in [-0.25, -0.2) is 8.42 Å². The Morgan fingerprint density at radius 2 is 1.96 bits per heavy atom. The third-order valence-electron chi connectivity index (χ3n) is 3.65. The van der Waals surface area contributed by atoms with Gasteiger partial charge in [-0.05, 0) is 48.9 Å². The first kappa shape index (κ1) is 20.8. The minimum atomic E-state index is -3.36. The molecule has 2 aromatic carbocycles. The summed E-state index contributed by atoms with van der Waals surface area (Å²) in [6.45, 7) is 1.81. The van der Waals surface area contributed by atoms with E-state index in [0.717, 1.165) is 11.8 Å². The zero-order valence-corrected chi connectivity index (χ0v) is 16.8. The third-order valence-corrected chi connectivity index (χ3v) is 4.50. The van der Waals surface area contributed by atoms with E-state index in [1.165, 1.54) is 6.08 Å². The Bertz CT molecular complexity index is 958. The zero-order valence-electron chi connectivity index (χ0n) is 15.2. The molecule has 2 aromatic rings. The molecule has 0 aliphatic rings. The van der Waals surface area contributed by atoms with Gasteiger partial charge in [0.05, 0.1) is 19.4 Å². The third kappa shape index (κ3) is 6.62. The minimum absolute atomic E-state index is 0.300. The molecule has 1 amide bonds. The number of hydrogen-bond donors (Lipinski definition) is 2. The van der Waals surface area contributed by atoms with Crippen LogP contribution in [-0.2, 0) is 14.8 Å². The number of carbonyl (C=O) groups excluding carboxylic acids is 1.